The van der Waals surface area contributed by atoms with Crippen LogP contribution < -0.4 is 5.73 Å². The highest BCUT2D eigenvalue weighted by Gasteiger charge is 2.05. The summed E-state index contributed by atoms with van der Waals surface area (Å²) < 4.78 is 0. The number of non-ortho nitro benzene ring substituents is 1. The van der Waals surface area contributed by atoms with Crippen molar-refractivity contribution in [3.63, 3.8) is 0 Å². The maximum absolute atomic E-state index is 10.2. The van der Waals surface area contributed by atoms with Crippen molar-refractivity contribution in [1.29, 1.82) is 0 Å². The lowest BCUT2D eigenvalue weighted by Crippen LogP contribution is -1.92. The van der Waals surface area contributed by atoms with E-state index in [2.05, 4.69) is 15.0 Å². The monoisotopic (exact) mass is 309 g/mol. The Morgan fingerprint density at radius 2 is 1.96 bits per heavy atom. The lowest BCUT2D eigenvalue weighted by atomic mass is 10.2. The lowest BCUT2D eigenvalue weighted by Gasteiger charge is -1.97. The molecule has 0 spiro atoms. The molecule has 7 nitrogen and oxygen atoms in total. The van der Waals surface area contributed by atoms with Crippen LogP contribution in [0.2, 0.25) is 0 Å². The molecule has 23 heavy (non-hydrogen) atoms. The number of nitrogen functional groups attached to an aromatic ring is 1. The summed E-state index contributed by atoms with van der Waals surface area (Å²) >= 11 is 0. The normalized spacial score (nSPS) is 9.61. The van der Waals surface area contributed by atoms with Gasteiger partial charge in [-0.3, -0.25) is 15.1 Å². The number of nitro benzene ring substituents is 1. The van der Waals surface area contributed by atoms with Crippen molar-refractivity contribution in [2.24, 2.45) is 0 Å². The summed E-state index contributed by atoms with van der Waals surface area (Å²) in [5.41, 5.74) is 8.72. The van der Waals surface area contributed by atoms with Gasteiger partial charge in [0.05, 0.1) is 10.6 Å². The molecule has 0 fully saturated rings. The van der Waals surface area contributed by atoms with E-state index in [0.717, 1.165) is 16.8 Å². The smallest absolute Gasteiger partial charge is 0.271 e. The quantitative estimate of drug-likeness (QED) is 0.443. The van der Waals surface area contributed by atoms with Gasteiger partial charge in [0.1, 0.15) is 6.33 Å². The molecule has 0 bridgehead atoms. The van der Waals surface area contributed by atoms with E-state index in [0.29, 0.717) is 5.69 Å². The van der Waals surface area contributed by atoms with Crippen LogP contribution in [0.25, 0.3) is 11.3 Å². The predicted octanol–water partition coefficient (Wildman–Crippen LogP) is 3.02. The van der Waals surface area contributed by atoms with E-state index in [9.17, 15) is 10.1 Å². The number of aromatic nitrogens is 3. The topological polar surface area (TPSA) is 108 Å². The summed E-state index contributed by atoms with van der Waals surface area (Å²) in [6.07, 6.45) is 6.77. The first-order valence-corrected chi connectivity index (χ1v) is 6.75. The summed E-state index contributed by atoms with van der Waals surface area (Å²) in [6.45, 7) is 1.80. The van der Waals surface area contributed by atoms with Gasteiger partial charge in [-0.05, 0) is 30.7 Å². The second-order valence-corrected chi connectivity index (χ2v) is 4.63. The first-order chi connectivity index (χ1) is 11.1. The number of hydrogen-bond acceptors (Lipinski definition) is 6. The minimum Gasteiger partial charge on any atom is -0.398 e. The third-order valence-corrected chi connectivity index (χ3v) is 3.01. The van der Waals surface area contributed by atoms with E-state index < -0.39 is 4.92 Å². The molecule has 0 aliphatic carbocycles. The van der Waals surface area contributed by atoms with Crippen molar-refractivity contribution < 1.29 is 4.92 Å². The van der Waals surface area contributed by atoms with Crippen LogP contribution in [-0.4, -0.2) is 19.9 Å². The molecule has 2 heterocycles. The molecular weight excluding hydrogens is 294 g/mol. The van der Waals surface area contributed by atoms with E-state index >= 15 is 0 Å². The van der Waals surface area contributed by atoms with Gasteiger partial charge in [0.25, 0.3) is 5.69 Å². The molecule has 0 radical (unpaired) electrons. The van der Waals surface area contributed by atoms with Gasteiger partial charge in [0.2, 0.25) is 0 Å². The fourth-order valence-corrected chi connectivity index (χ4v) is 1.72. The zero-order chi connectivity index (χ0) is 16.7. The third kappa shape index (κ3) is 4.57. The van der Waals surface area contributed by atoms with Gasteiger partial charge in [-0.2, -0.15) is 0 Å². The summed E-state index contributed by atoms with van der Waals surface area (Å²) in [5, 5.41) is 10.2. The van der Waals surface area contributed by atoms with E-state index in [-0.39, 0.29) is 5.69 Å². The highest BCUT2D eigenvalue weighted by molar-refractivity contribution is 5.56. The molecule has 0 saturated heterocycles. The van der Waals surface area contributed by atoms with Crippen LogP contribution in [0, 0.1) is 17.0 Å². The average molecular weight is 309 g/mol. The predicted molar refractivity (Wildman–Crippen MR) is 87.5 cm³/mol. The lowest BCUT2D eigenvalue weighted by molar-refractivity contribution is -0.384. The van der Waals surface area contributed by atoms with Crippen LogP contribution >= 0.6 is 0 Å². The molecule has 0 atom stereocenters. The molecule has 3 aromatic rings. The van der Waals surface area contributed by atoms with E-state index in [1.807, 2.05) is 18.2 Å². The molecule has 116 valence electrons. The Kier molecular flexibility index (Phi) is 5.30. The molecule has 0 aliphatic heterocycles. The maximum Gasteiger partial charge on any atom is 0.271 e. The zero-order valence-electron chi connectivity index (χ0n) is 12.5. The van der Waals surface area contributed by atoms with Crippen LogP contribution in [0.3, 0.4) is 0 Å². The number of aryl methyl sites for hydroxylation is 1. The Morgan fingerprint density at radius 1 is 1.13 bits per heavy atom. The molecule has 0 unspecified atom stereocenters. The molecule has 1 aromatic carbocycles. The van der Waals surface area contributed by atoms with Crippen molar-refractivity contribution in [2.75, 3.05) is 5.73 Å². The highest BCUT2D eigenvalue weighted by atomic mass is 16.6. The van der Waals surface area contributed by atoms with Crippen molar-refractivity contribution in [2.45, 2.75) is 6.92 Å². The number of nitro groups is 1. The van der Waals surface area contributed by atoms with Crippen molar-refractivity contribution in [1.82, 2.24) is 15.0 Å². The minimum atomic E-state index is -0.462. The Labute approximate surface area is 133 Å². The average Bonchev–Trinajstić information content (AvgIpc) is 2.59. The van der Waals surface area contributed by atoms with Gasteiger partial charge in [-0.25, -0.2) is 9.97 Å². The van der Waals surface area contributed by atoms with Gasteiger partial charge in [-0.1, -0.05) is 6.07 Å². The van der Waals surface area contributed by atoms with Crippen LogP contribution in [0.4, 0.5) is 11.4 Å². The third-order valence-electron chi connectivity index (χ3n) is 3.01. The fourth-order valence-electron chi connectivity index (χ4n) is 1.72. The fraction of sp³-hybridized carbons (Fsp3) is 0.0625. The number of pyridine rings is 1. The van der Waals surface area contributed by atoms with Crippen LogP contribution in [-0.2, 0) is 0 Å². The van der Waals surface area contributed by atoms with Crippen molar-refractivity contribution in [3.05, 3.63) is 77.0 Å². The standard InChI is InChI=1S/C9H7N3.C7H8N2O2/c1-2-8(6-10-4-1)9-3-5-11-7-12-9;1-5-2-3-6(9(10)11)4-7(5)8/h1-7H;2-4H,8H2,1H3. The minimum absolute atomic E-state index is 0.0353. The van der Waals surface area contributed by atoms with Crippen LogP contribution in [0.1, 0.15) is 5.56 Å². The van der Waals surface area contributed by atoms with E-state index in [4.69, 9.17) is 5.73 Å². The van der Waals surface area contributed by atoms with Gasteiger partial charge in [0, 0.05) is 42.0 Å². The number of nitrogens with two attached hydrogens (primary N) is 1. The molecule has 3 rings (SSSR count). The number of rotatable bonds is 2. The summed E-state index contributed by atoms with van der Waals surface area (Å²) in [5.74, 6) is 0. The van der Waals surface area contributed by atoms with Crippen molar-refractivity contribution >= 4 is 11.4 Å². The highest BCUT2D eigenvalue weighted by Crippen LogP contribution is 2.18. The first-order valence-electron chi connectivity index (χ1n) is 6.75. The van der Waals surface area contributed by atoms with Gasteiger partial charge >= 0.3 is 0 Å². The van der Waals surface area contributed by atoms with E-state index in [1.54, 1.807) is 31.6 Å². The van der Waals surface area contributed by atoms with Crippen LogP contribution in [0.15, 0.2) is 61.3 Å². The largest absolute Gasteiger partial charge is 0.398 e. The SMILES string of the molecule is Cc1ccc([N+](=O)[O-])cc1N.c1cncc(-c2ccncn2)c1. The summed E-state index contributed by atoms with van der Waals surface area (Å²) in [7, 11) is 0. The first kappa shape index (κ1) is 16.0. The second-order valence-electron chi connectivity index (χ2n) is 4.63. The molecule has 0 aliphatic rings. The van der Waals surface area contributed by atoms with E-state index in [1.165, 1.54) is 18.5 Å². The number of benzene rings is 1. The number of hydrogen-bond donors (Lipinski definition) is 1. The van der Waals surface area contributed by atoms with Gasteiger partial charge in [0.15, 0.2) is 0 Å². The Bertz CT molecular complexity index is 741. The molecule has 2 aromatic heterocycles. The molecule has 0 saturated carbocycles. The Hall–Kier alpha value is -3.35. The van der Waals surface area contributed by atoms with Gasteiger partial charge in [-0.15, -0.1) is 0 Å². The second kappa shape index (κ2) is 7.60. The summed E-state index contributed by atoms with van der Waals surface area (Å²) in [6, 6.07) is 10.1. The molecule has 0 amide bonds. The molecule has 2 N–H and O–H groups in total. The molecular formula is C16H15N5O2. The Balaban J connectivity index is 0.000000168. The maximum atomic E-state index is 10.2. The molecule has 7 heteroatoms. The van der Waals surface area contributed by atoms with Crippen LogP contribution in [0.5, 0.6) is 0 Å². The number of nitrogens with zero attached hydrogens (tertiary/aromatic N) is 4. The van der Waals surface area contributed by atoms with Crippen molar-refractivity contribution in [3.8, 4) is 11.3 Å². The number of anilines is 1. The van der Waals surface area contributed by atoms with Gasteiger partial charge < -0.3 is 5.73 Å². The summed E-state index contributed by atoms with van der Waals surface area (Å²) in [4.78, 5) is 21.7. The Morgan fingerprint density at radius 3 is 2.52 bits per heavy atom. The zero-order valence-corrected chi connectivity index (χ0v) is 12.5.